The Hall–Kier alpha value is -2.18. The highest BCUT2D eigenvalue weighted by Crippen LogP contribution is 2.35. The smallest absolute Gasteiger partial charge is 0.239 e. The van der Waals surface area contributed by atoms with Crippen molar-refractivity contribution >= 4 is 42.6 Å². The first-order chi connectivity index (χ1) is 11.0. The van der Waals surface area contributed by atoms with Crippen molar-refractivity contribution in [3.05, 3.63) is 59.1 Å². The van der Waals surface area contributed by atoms with Crippen LogP contribution in [0.4, 0.5) is 0 Å². The maximum atomic E-state index is 13.2. The van der Waals surface area contributed by atoms with Crippen LogP contribution in [-0.4, -0.2) is 17.4 Å². The number of thiazole rings is 1. The van der Waals surface area contributed by atoms with Gasteiger partial charge in [0.2, 0.25) is 0 Å². The molecule has 0 unspecified atom stereocenters. The van der Waals surface area contributed by atoms with E-state index < -0.39 is 10.0 Å². The van der Waals surface area contributed by atoms with Crippen LogP contribution in [0.1, 0.15) is 10.6 Å². The van der Waals surface area contributed by atoms with Crippen LogP contribution in [0.25, 0.3) is 21.3 Å². The summed E-state index contributed by atoms with van der Waals surface area (Å²) in [4.78, 5) is 5.48. The molecule has 2 heterocycles. The normalized spacial score (nSPS) is 12.3. The Kier molecular flexibility index (Phi) is 3.08. The molecule has 4 rings (SSSR count). The number of aryl methyl sites for hydroxylation is 2. The number of hydrogen-bond donors (Lipinski definition) is 0. The minimum atomic E-state index is -3.67. The predicted molar refractivity (Wildman–Crippen MR) is 93.6 cm³/mol. The fourth-order valence-electron chi connectivity index (χ4n) is 2.74. The van der Waals surface area contributed by atoms with Crippen LogP contribution in [0.5, 0.6) is 0 Å². The molecule has 0 bridgehead atoms. The Labute approximate surface area is 138 Å². The van der Waals surface area contributed by atoms with E-state index in [-0.39, 0.29) is 4.90 Å². The molecule has 0 radical (unpaired) electrons. The average Bonchev–Trinajstić information content (AvgIpc) is 3.02. The van der Waals surface area contributed by atoms with Crippen LogP contribution < -0.4 is 0 Å². The van der Waals surface area contributed by atoms with E-state index in [0.717, 1.165) is 21.5 Å². The molecule has 2 aromatic heterocycles. The SMILES string of the molecule is Cc1ccc(S(=O)(=O)n2c3ccccc3c3nc(C)sc32)cc1. The van der Waals surface area contributed by atoms with Gasteiger partial charge in [0, 0.05) is 5.39 Å². The fourth-order valence-corrected chi connectivity index (χ4v) is 5.41. The Morgan fingerprint density at radius 2 is 1.70 bits per heavy atom. The number of benzene rings is 2. The van der Waals surface area contributed by atoms with Gasteiger partial charge in [0.15, 0.2) is 0 Å². The zero-order valence-corrected chi connectivity index (χ0v) is 14.3. The maximum Gasteiger partial charge on any atom is 0.269 e. The number of para-hydroxylation sites is 1. The zero-order valence-electron chi connectivity index (χ0n) is 12.6. The van der Waals surface area contributed by atoms with Crippen LogP contribution in [-0.2, 0) is 10.0 Å². The van der Waals surface area contributed by atoms with Crippen LogP contribution in [0, 0.1) is 13.8 Å². The minimum absolute atomic E-state index is 0.289. The Balaban J connectivity index is 2.12. The Bertz CT molecular complexity index is 1140. The summed E-state index contributed by atoms with van der Waals surface area (Å²) in [7, 11) is -3.67. The second-order valence-corrected chi connectivity index (χ2v) is 8.45. The van der Waals surface area contributed by atoms with Gasteiger partial charge in [0.1, 0.15) is 10.3 Å². The van der Waals surface area contributed by atoms with Crippen molar-refractivity contribution in [2.45, 2.75) is 18.7 Å². The third-order valence-corrected chi connectivity index (χ3v) is 6.64. The van der Waals surface area contributed by atoms with Crippen molar-refractivity contribution in [2.24, 2.45) is 0 Å². The van der Waals surface area contributed by atoms with Gasteiger partial charge >= 0.3 is 0 Å². The molecular weight excluding hydrogens is 328 g/mol. The van der Waals surface area contributed by atoms with Crippen molar-refractivity contribution in [3.63, 3.8) is 0 Å². The summed E-state index contributed by atoms with van der Waals surface area (Å²) in [6.45, 7) is 3.83. The van der Waals surface area contributed by atoms with Gasteiger partial charge in [-0.25, -0.2) is 17.4 Å². The third-order valence-electron chi connectivity index (χ3n) is 3.84. The summed E-state index contributed by atoms with van der Waals surface area (Å²) in [5.41, 5.74) is 2.45. The van der Waals surface area contributed by atoms with Crippen LogP contribution in [0.15, 0.2) is 53.4 Å². The first kappa shape index (κ1) is 14.4. The highest BCUT2D eigenvalue weighted by atomic mass is 32.2. The van der Waals surface area contributed by atoms with Gasteiger partial charge in [-0.1, -0.05) is 47.2 Å². The first-order valence-corrected chi connectivity index (χ1v) is 9.43. The van der Waals surface area contributed by atoms with Crippen LogP contribution >= 0.6 is 11.3 Å². The zero-order chi connectivity index (χ0) is 16.2. The Morgan fingerprint density at radius 3 is 2.43 bits per heavy atom. The highest BCUT2D eigenvalue weighted by molar-refractivity contribution is 7.90. The third kappa shape index (κ3) is 2.09. The van der Waals surface area contributed by atoms with Crippen LogP contribution in [0.3, 0.4) is 0 Å². The highest BCUT2D eigenvalue weighted by Gasteiger charge is 2.25. The summed E-state index contributed by atoms with van der Waals surface area (Å²) in [5, 5.41) is 1.72. The van der Waals surface area contributed by atoms with E-state index >= 15 is 0 Å². The monoisotopic (exact) mass is 342 g/mol. The summed E-state index contributed by atoms with van der Waals surface area (Å²) < 4.78 is 27.8. The quantitative estimate of drug-likeness (QED) is 0.551. The van der Waals surface area contributed by atoms with Crippen molar-refractivity contribution in [2.75, 3.05) is 0 Å². The van der Waals surface area contributed by atoms with Crippen molar-refractivity contribution in [1.29, 1.82) is 0 Å². The number of fused-ring (bicyclic) bond motifs is 3. The molecule has 0 aliphatic heterocycles. The summed E-state index contributed by atoms with van der Waals surface area (Å²) in [6, 6.07) is 14.4. The lowest BCUT2D eigenvalue weighted by molar-refractivity contribution is 0.590. The number of nitrogens with zero attached hydrogens (tertiary/aromatic N) is 2. The van der Waals surface area contributed by atoms with Gasteiger partial charge in [-0.15, -0.1) is 0 Å². The molecule has 4 nitrogen and oxygen atoms in total. The van der Waals surface area contributed by atoms with E-state index in [1.165, 1.54) is 15.3 Å². The lowest BCUT2D eigenvalue weighted by Crippen LogP contribution is -2.12. The van der Waals surface area contributed by atoms with Gasteiger partial charge in [-0.3, -0.25) is 0 Å². The molecule has 23 heavy (non-hydrogen) atoms. The molecule has 2 aromatic carbocycles. The molecule has 116 valence electrons. The van der Waals surface area contributed by atoms with E-state index in [2.05, 4.69) is 4.98 Å². The van der Waals surface area contributed by atoms with E-state index in [9.17, 15) is 8.42 Å². The number of aromatic nitrogens is 2. The van der Waals surface area contributed by atoms with E-state index in [1.54, 1.807) is 12.1 Å². The predicted octanol–water partition coefficient (Wildman–Crippen LogP) is 4.10. The molecule has 0 aliphatic carbocycles. The molecular formula is C17H14N2O2S2. The lowest BCUT2D eigenvalue weighted by Gasteiger charge is -2.08. The second-order valence-electron chi connectivity index (χ2n) is 5.49. The van der Waals surface area contributed by atoms with E-state index in [1.807, 2.05) is 50.2 Å². The molecule has 4 aromatic rings. The standard InChI is InChI=1S/C17H14N2O2S2/c1-11-7-9-13(10-8-11)23(20,21)19-15-6-4-3-5-14(15)16-17(19)22-12(2)18-16/h3-10H,1-2H3. The maximum absolute atomic E-state index is 13.2. The van der Waals surface area contributed by atoms with Gasteiger partial charge < -0.3 is 0 Å². The van der Waals surface area contributed by atoms with Gasteiger partial charge in [-0.2, -0.15) is 0 Å². The molecule has 0 saturated heterocycles. The molecule has 0 aliphatic rings. The fraction of sp³-hybridized carbons (Fsp3) is 0.118. The average molecular weight is 342 g/mol. The molecule has 0 saturated carbocycles. The lowest BCUT2D eigenvalue weighted by atomic mass is 10.2. The van der Waals surface area contributed by atoms with Gasteiger partial charge in [0.25, 0.3) is 10.0 Å². The molecule has 0 fully saturated rings. The topological polar surface area (TPSA) is 52.0 Å². The van der Waals surface area contributed by atoms with Gasteiger partial charge in [0.05, 0.1) is 15.4 Å². The Morgan fingerprint density at radius 1 is 1.00 bits per heavy atom. The molecule has 0 atom stereocenters. The molecule has 6 heteroatoms. The van der Waals surface area contributed by atoms with Crippen molar-refractivity contribution in [1.82, 2.24) is 8.96 Å². The van der Waals surface area contributed by atoms with E-state index in [4.69, 9.17) is 0 Å². The second kappa shape index (κ2) is 4.91. The summed E-state index contributed by atoms with van der Waals surface area (Å²) in [6.07, 6.45) is 0. The largest absolute Gasteiger partial charge is 0.269 e. The summed E-state index contributed by atoms with van der Waals surface area (Å²) in [5.74, 6) is 0. The molecule has 0 spiro atoms. The minimum Gasteiger partial charge on any atom is -0.239 e. The van der Waals surface area contributed by atoms with Gasteiger partial charge in [-0.05, 0) is 32.0 Å². The molecule has 0 amide bonds. The first-order valence-electron chi connectivity index (χ1n) is 7.17. The number of hydrogen-bond acceptors (Lipinski definition) is 4. The molecule has 0 N–H and O–H groups in total. The van der Waals surface area contributed by atoms with Crippen molar-refractivity contribution in [3.8, 4) is 0 Å². The number of rotatable bonds is 2. The van der Waals surface area contributed by atoms with Crippen molar-refractivity contribution < 1.29 is 8.42 Å². The van der Waals surface area contributed by atoms with Crippen LogP contribution in [0.2, 0.25) is 0 Å². The van der Waals surface area contributed by atoms with E-state index in [0.29, 0.717) is 10.3 Å². The summed E-state index contributed by atoms with van der Waals surface area (Å²) >= 11 is 1.40.